The lowest BCUT2D eigenvalue weighted by Gasteiger charge is -2.33. The first-order valence-corrected chi connectivity index (χ1v) is 44.5. The zero-order valence-corrected chi connectivity index (χ0v) is 72.7. The molecule has 23 rings (SSSR count). The summed E-state index contributed by atoms with van der Waals surface area (Å²) in [6.07, 6.45) is 9.44. The predicted octanol–water partition coefficient (Wildman–Crippen LogP) is 9.33. The molecule has 0 spiro atoms. The number of nitrogens with zero attached hydrogens (tertiary/aromatic N) is 15. The summed E-state index contributed by atoms with van der Waals surface area (Å²) in [4.78, 5) is 98.2. The highest BCUT2D eigenvalue weighted by atomic mass is 16.6. The second-order valence-corrected chi connectivity index (χ2v) is 33.2. The molecule has 31 heteroatoms. The molecule has 10 aromatic heterocycles. The molecule has 8 aliphatic rings. The van der Waals surface area contributed by atoms with Gasteiger partial charge in [0.05, 0.1) is 56.9 Å². The fraction of sp³-hybridized carbons (Fsp3) is 0.293. The molecule has 3 atom stereocenters. The number of piperazine rings is 5. The van der Waals surface area contributed by atoms with Crippen LogP contribution in [0, 0.1) is 0 Å². The van der Waals surface area contributed by atoms with E-state index in [0.29, 0.717) is 132 Å². The summed E-state index contributed by atoms with van der Waals surface area (Å²) in [5.41, 5.74) is 15.8. The molecule has 664 valence electrons. The SMILES string of the molecule is C[C@@H]1CN(c2ccc3nc(-c4ccc5c(c4)OCCO5)cc(=O)n3c2)CCN1.C[C@H]1CN(c2ccc3nc(-c4ccc5c(c4)OCCO5)cc(=O)n3c2)CCN1.C[C@H]1CN(c2ccc3nc(-c4ccccc4)cc(=O)n3c2)CCN1.O=c1cc(-c2ccc3c(c2)OCCO3)nc2ccc(N3CCNCC3)cn12.O=c1cc(-c2ccccc2)nc2ccc(N3CCNCC3)cn12. The van der Waals surface area contributed by atoms with Crippen LogP contribution in [0.3, 0.4) is 0 Å². The molecule has 130 heavy (non-hydrogen) atoms. The van der Waals surface area contributed by atoms with Gasteiger partial charge in [-0.1, -0.05) is 60.7 Å². The van der Waals surface area contributed by atoms with Crippen molar-refractivity contribution in [3.8, 4) is 90.8 Å². The molecule has 0 amide bonds. The van der Waals surface area contributed by atoms with Crippen molar-refractivity contribution >= 4 is 56.7 Å². The van der Waals surface area contributed by atoms with Crippen LogP contribution in [0.5, 0.6) is 34.5 Å². The van der Waals surface area contributed by atoms with Gasteiger partial charge in [0.2, 0.25) is 0 Å². The summed E-state index contributed by atoms with van der Waals surface area (Å²) in [7, 11) is 0. The second-order valence-electron chi connectivity index (χ2n) is 33.2. The lowest BCUT2D eigenvalue weighted by molar-refractivity contribution is 0.171. The minimum atomic E-state index is -0.0973. The van der Waals surface area contributed by atoms with Gasteiger partial charge in [0.25, 0.3) is 27.8 Å². The van der Waals surface area contributed by atoms with Gasteiger partial charge in [0.1, 0.15) is 67.9 Å². The summed E-state index contributed by atoms with van der Waals surface area (Å²) in [6.45, 7) is 25.8. The molecule has 0 radical (unpaired) electrons. The maximum Gasteiger partial charge on any atom is 0.258 e. The van der Waals surface area contributed by atoms with E-state index in [1.54, 1.807) is 52.3 Å². The average Bonchev–Trinajstić information content (AvgIpc) is 0.779. The Labute approximate surface area is 748 Å². The van der Waals surface area contributed by atoms with Crippen molar-refractivity contribution in [1.82, 2.24) is 73.5 Å². The normalized spacial score (nSPS) is 17.6. The predicted molar refractivity (Wildman–Crippen MR) is 507 cm³/mol. The first-order chi connectivity index (χ1) is 63.6. The maximum absolute atomic E-state index is 12.8. The van der Waals surface area contributed by atoms with Crippen LogP contribution in [0.4, 0.5) is 28.4 Å². The number of anilines is 5. The van der Waals surface area contributed by atoms with Gasteiger partial charge in [-0.2, -0.15) is 0 Å². The highest BCUT2D eigenvalue weighted by molar-refractivity contribution is 5.71. The van der Waals surface area contributed by atoms with Crippen LogP contribution < -0.4 is 107 Å². The molecule has 5 saturated heterocycles. The van der Waals surface area contributed by atoms with Gasteiger partial charge in [0.15, 0.2) is 34.5 Å². The Bertz CT molecular complexity index is 6790. The molecule has 18 heterocycles. The topological polar surface area (TPSA) is 304 Å². The molecule has 31 nitrogen and oxygen atoms in total. The summed E-state index contributed by atoms with van der Waals surface area (Å²) < 4.78 is 41.7. The van der Waals surface area contributed by atoms with Gasteiger partial charge in [-0.3, -0.25) is 46.0 Å². The number of ether oxygens (including phenoxy) is 6. The highest BCUT2D eigenvalue weighted by Crippen LogP contribution is 2.38. The van der Waals surface area contributed by atoms with E-state index >= 15 is 0 Å². The van der Waals surface area contributed by atoms with E-state index in [4.69, 9.17) is 38.4 Å². The van der Waals surface area contributed by atoms with Crippen LogP contribution in [0.25, 0.3) is 84.5 Å². The quantitative estimate of drug-likeness (QED) is 0.0851. The van der Waals surface area contributed by atoms with Gasteiger partial charge in [-0.25, -0.2) is 24.9 Å². The third-order valence-corrected chi connectivity index (χ3v) is 24.0. The van der Waals surface area contributed by atoms with E-state index in [-0.39, 0.29) is 27.8 Å². The monoisotopic (exact) mass is 1750 g/mol. The molecule has 5 N–H and O–H groups in total. The largest absolute Gasteiger partial charge is 0.486 e. The van der Waals surface area contributed by atoms with Crippen molar-refractivity contribution in [3.05, 3.63) is 289 Å². The number of fused-ring (bicyclic) bond motifs is 8. The standard InChI is InChI=1S/2C21H22N4O3.C20H20N4O3.C19H20N4O.C18H18N4O/c2*1-14-12-24(7-6-22-14)16-3-5-20-23-17(11-21(26)25(20)13-16)15-2-4-18-19(10-15)28-9-8-27-18;25-20-12-16(14-1-3-17-18(11-14)27-10-9-26-17)22-19-4-2-15(13-24(19)20)23-7-5-21-6-8-23;1-14-12-22(10-9-20-14)16-7-8-18-21-17(11-19(24)23(18)13-16)15-5-3-2-4-6-15;23-18-12-16(14-4-2-1-3-5-14)20-17-7-6-15(13-22(17)18)21-10-8-19-9-11-21/h2*2-5,10-11,13-14,22H,6-9,12H2,1H3;1-4,11-13,21H,5-10H2;2-8,11,13-14,20H,9-10,12H2,1H3;1-7,12-13,19H,8-11H2/t2*14-;;14-;/m10.0./s1. The van der Waals surface area contributed by atoms with Gasteiger partial charge in [-0.15, -0.1) is 0 Å². The highest BCUT2D eigenvalue weighted by Gasteiger charge is 2.25. The zero-order valence-electron chi connectivity index (χ0n) is 72.7. The molecule has 5 fully saturated rings. The first kappa shape index (κ1) is 85.0. The van der Waals surface area contributed by atoms with Gasteiger partial charge in [-0.05, 0) is 136 Å². The van der Waals surface area contributed by atoms with Crippen LogP contribution in [-0.4, -0.2) is 216 Å². The van der Waals surface area contributed by atoms with Gasteiger partial charge in [0, 0.05) is 219 Å². The van der Waals surface area contributed by atoms with Crippen LogP contribution in [0.15, 0.2) is 261 Å². The molecule has 0 bridgehead atoms. The van der Waals surface area contributed by atoms with Crippen molar-refractivity contribution in [2.45, 2.75) is 38.9 Å². The lowest BCUT2D eigenvalue weighted by atomic mass is 10.1. The summed E-state index contributed by atoms with van der Waals surface area (Å²) in [5, 5.41) is 17.0. The Morgan fingerprint density at radius 1 is 0.254 bits per heavy atom. The number of benzene rings is 5. The minimum absolute atomic E-state index is 0.0502. The van der Waals surface area contributed by atoms with Crippen molar-refractivity contribution < 1.29 is 28.4 Å². The zero-order chi connectivity index (χ0) is 88.6. The number of nitrogens with one attached hydrogen (secondary N) is 5. The number of hydrogen-bond donors (Lipinski definition) is 5. The van der Waals surface area contributed by atoms with Crippen molar-refractivity contribution in [1.29, 1.82) is 0 Å². The Kier molecular flexibility index (Phi) is 25.2. The Morgan fingerprint density at radius 2 is 0.492 bits per heavy atom. The van der Waals surface area contributed by atoms with Crippen LogP contribution in [-0.2, 0) is 0 Å². The van der Waals surface area contributed by atoms with E-state index in [2.05, 4.69) is 92.9 Å². The second kappa shape index (κ2) is 38.6. The fourth-order valence-corrected chi connectivity index (χ4v) is 17.3. The number of hydrogen-bond acceptors (Lipinski definition) is 26. The molecular weight excluding hydrogens is 1650 g/mol. The van der Waals surface area contributed by atoms with Crippen molar-refractivity contribution in [2.24, 2.45) is 0 Å². The van der Waals surface area contributed by atoms with Crippen LogP contribution >= 0.6 is 0 Å². The van der Waals surface area contributed by atoms with Gasteiger partial charge >= 0.3 is 0 Å². The Balaban J connectivity index is 0.000000106. The Hall–Kier alpha value is -14.5. The summed E-state index contributed by atoms with van der Waals surface area (Å²) in [5.74, 6) is 4.24. The number of aromatic nitrogens is 10. The van der Waals surface area contributed by atoms with Crippen LogP contribution in [0.2, 0.25) is 0 Å². The summed E-state index contributed by atoms with van der Waals surface area (Å²) in [6, 6.07) is 65.5. The van der Waals surface area contributed by atoms with Crippen molar-refractivity contribution in [2.75, 3.05) is 175 Å². The molecule has 0 aliphatic carbocycles. The minimum Gasteiger partial charge on any atom is -0.486 e. The number of rotatable bonds is 10. The van der Waals surface area contributed by atoms with E-state index in [1.807, 2.05) is 201 Å². The molecule has 8 aliphatic heterocycles. The first-order valence-electron chi connectivity index (χ1n) is 44.5. The summed E-state index contributed by atoms with van der Waals surface area (Å²) >= 11 is 0. The molecular formula is C99H102N20O11. The lowest BCUT2D eigenvalue weighted by Crippen LogP contribution is -2.49. The van der Waals surface area contributed by atoms with E-state index in [0.717, 1.165) is 185 Å². The average molecular weight is 1750 g/mol. The van der Waals surface area contributed by atoms with Crippen LogP contribution in [0.1, 0.15) is 20.8 Å². The fourth-order valence-electron chi connectivity index (χ4n) is 17.3. The molecule has 15 aromatic rings. The van der Waals surface area contributed by atoms with E-state index in [9.17, 15) is 24.0 Å². The maximum atomic E-state index is 12.8. The number of pyridine rings is 5. The molecule has 0 saturated carbocycles. The Morgan fingerprint density at radius 3 is 0.754 bits per heavy atom. The van der Waals surface area contributed by atoms with E-state index in [1.165, 1.54) is 0 Å². The van der Waals surface area contributed by atoms with Crippen molar-refractivity contribution in [3.63, 3.8) is 0 Å². The van der Waals surface area contributed by atoms with E-state index < -0.39 is 0 Å². The molecule has 5 aromatic carbocycles. The third kappa shape index (κ3) is 19.3. The third-order valence-electron chi connectivity index (χ3n) is 24.0. The van der Waals surface area contributed by atoms with Gasteiger partial charge < -0.3 is 79.5 Å². The smallest absolute Gasteiger partial charge is 0.258 e. The molecule has 0 unspecified atom stereocenters.